The number of carbonyl (C=O) groups is 1. The number of fused-ring (bicyclic) bond motifs is 1. The highest BCUT2D eigenvalue weighted by atomic mass is 35.5. The van der Waals surface area contributed by atoms with E-state index in [1.807, 2.05) is 36.4 Å². The Morgan fingerprint density at radius 1 is 1.07 bits per heavy atom. The van der Waals surface area contributed by atoms with Crippen LogP contribution in [0.2, 0.25) is 9.36 Å². The molecular formula is C19H13Cl2N3OS2. The second-order valence-electron chi connectivity index (χ2n) is 5.79. The predicted molar refractivity (Wildman–Crippen MR) is 113 cm³/mol. The lowest BCUT2D eigenvalue weighted by atomic mass is 10.3. The van der Waals surface area contributed by atoms with Crippen molar-refractivity contribution in [3.8, 4) is 0 Å². The van der Waals surface area contributed by atoms with Gasteiger partial charge in [0.25, 0.3) is 0 Å². The van der Waals surface area contributed by atoms with Gasteiger partial charge in [-0.15, -0.1) is 11.3 Å². The highest BCUT2D eigenvalue weighted by Gasteiger charge is 2.21. The number of thiazole rings is 1. The maximum atomic E-state index is 13.1. The number of carbonyl (C=O) groups excluding carboxylic acids is 1. The summed E-state index contributed by atoms with van der Waals surface area (Å²) in [5.41, 5.74) is 1.62. The summed E-state index contributed by atoms with van der Waals surface area (Å²) >= 11 is 14.9. The topological polar surface area (TPSA) is 46.1 Å². The van der Waals surface area contributed by atoms with Gasteiger partial charge in [-0.25, -0.2) is 4.98 Å². The molecule has 4 aromatic rings. The van der Waals surface area contributed by atoms with Gasteiger partial charge in [0.05, 0.1) is 33.2 Å². The molecule has 0 aliphatic heterocycles. The Labute approximate surface area is 174 Å². The van der Waals surface area contributed by atoms with E-state index in [1.54, 1.807) is 23.2 Å². The first-order valence-electron chi connectivity index (χ1n) is 8.09. The van der Waals surface area contributed by atoms with Crippen molar-refractivity contribution in [3.05, 3.63) is 74.7 Å². The van der Waals surface area contributed by atoms with Gasteiger partial charge in [0.15, 0.2) is 5.13 Å². The van der Waals surface area contributed by atoms with Crippen molar-refractivity contribution in [2.75, 3.05) is 4.90 Å². The summed E-state index contributed by atoms with van der Waals surface area (Å²) in [6, 6.07) is 14.9. The van der Waals surface area contributed by atoms with Crippen molar-refractivity contribution in [3.63, 3.8) is 0 Å². The molecule has 3 heterocycles. The van der Waals surface area contributed by atoms with Gasteiger partial charge in [-0.3, -0.25) is 14.7 Å². The highest BCUT2D eigenvalue weighted by Crippen LogP contribution is 2.32. The van der Waals surface area contributed by atoms with E-state index in [4.69, 9.17) is 23.2 Å². The monoisotopic (exact) mass is 433 g/mol. The summed E-state index contributed by atoms with van der Waals surface area (Å²) in [7, 11) is 0. The molecule has 0 saturated heterocycles. The summed E-state index contributed by atoms with van der Waals surface area (Å²) in [5.74, 6) is -0.0516. The Kier molecular flexibility index (Phi) is 5.41. The Morgan fingerprint density at radius 3 is 2.70 bits per heavy atom. The van der Waals surface area contributed by atoms with Crippen LogP contribution in [0.15, 0.2) is 54.7 Å². The second-order valence-corrected chi connectivity index (χ2v) is 9.04. The molecule has 4 rings (SSSR count). The van der Waals surface area contributed by atoms with E-state index < -0.39 is 0 Å². The number of hydrogen-bond acceptors (Lipinski definition) is 5. The van der Waals surface area contributed by atoms with Crippen molar-refractivity contribution in [2.45, 2.75) is 13.0 Å². The van der Waals surface area contributed by atoms with Gasteiger partial charge in [-0.2, -0.15) is 0 Å². The van der Waals surface area contributed by atoms with Crippen molar-refractivity contribution in [1.29, 1.82) is 0 Å². The van der Waals surface area contributed by atoms with E-state index in [-0.39, 0.29) is 12.3 Å². The van der Waals surface area contributed by atoms with Gasteiger partial charge in [-0.05, 0) is 42.5 Å². The number of nitrogens with zero attached hydrogens (tertiary/aromatic N) is 3. The minimum absolute atomic E-state index is 0.0516. The Morgan fingerprint density at radius 2 is 1.96 bits per heavy atom. The van der Waals surface area contributed by atoms with Crippen LogP contribution in [0.25, 0.3) is 10.2 Å². The standard InChI is InChI=1S/C19H13Cl2N3OS2/c20-12-4-6-15-16(9-12)27-19(23-15)24(11-13-3-1-2-8-22-13)18(25)10-14-5-7-17(21)26-14/h1-9H,10-11H2. The molecule has 0 aliphatic carbocycles. The molecule has 136 valence electrons. The molecule has 0 N–H and O–H groups in total. The molecular weight excluding hydrogens is 421 g/mol. The molecule has 0 fully saturated rings. The first kappa shape index (κ1) is 18.4. The Hall–Kier alpha value is -1.99. The summed E-state index contributed by atoms with van der Waals surface area (Å²) in [4.78, 5) is 24.6. The minimum atomic E-state index is -0.0516. The Balaban J connectivity index is 1.68. The quantitative estimate of drug-likeness (QED) is 0.397. The SMILES string of the molecule is O=C(Cc1ccc(Cl)s1)N(Cc1ccccn1)c1nc2ccc(Cl)cc2s1. The number of halogens is 2. The number of aromatic nitrogens is 2. The molecule has 0 radical (unpaired) electrons. The molecule has 0 atom stereocenters. The summed E-state index contributed by atoms with van der Waals surface area (Å²) in [6.07, 6.45) is 1.98. The first-order valence-corrected chi connectivity index (χ1v) is 10.5. The van der Waals surface area contributed by atoms with E-state index in [1.165, 1.54) is 22.7 Å². The number of hydrogen-bond donors (Lipinski definition) is 0. The van der Waals surface area contributed by atoms with Gasteiger partial charge in [0.1, 0.15) is 0 Å². The molecule has 0 unspecified atom stereocenters. The van der Waals surface area contributed by atoms with E-state index >= 15 is 0 Å². The van der Waals surface area contributed by atoms with Crippen LogP contribution in [0.4, 0.5) is 5.13 Å². The largest absolute Gasteiger partial charge is 0.282 e. The smallest absolute Gasteiger partial charge is 0.234 e. The molecule has 0 aliphatic rings. The zero-order valence-corrected chi connectivity index (χ0v) is 17.1. The van der Waals surface area contributed by atoms with Gasteiger partial charge >= 0.3 is 0 Å². The van der Waals surface area contributed by atoms with Crippen LogP contribution in [0.1, 0.15) is 10.6 Å². The number of thiophene rings is 1. The number of amides is 1. The third-order valence-electron chi connectivity index (χ3n) is 3.87. The van der Waals surface area contributed by atoms with Crippen LogP contribution >= 0.6 is 45.9 Å². The average Bonchev–Trinajstić information content (AvgIpc) is 3.25. The molecule has 27 heavy (non-hydrogen) atoms. The van der Waals surface area contributed by atoms with Crippen molar-refractivity contribution >= 4 is 67.1 Å². The third-order valence-corrected chi connectivity index (χ3v) is 6.38. The fourth-order valence-electron chi connectivity index (χ4n) is 2.61. The predicted octanol–water partition coefficient (Wildman–Crippen LogP) is 5.84. The normalized spacial score (nSPS) is 11.0. The van der Waals surface area contributed by atoms with E-state index in [0.717, 1.165) is 20.8 Å². The highest BCUT2D eigenvalue weighted by molar-refractivity contribution is 7.22. The van der Waals surface area contributed by atoms with Gasteiger partial charge in [0, 0.05) is 16.1 Å². The molecule has 0 bridgehead atoms. The molecule has 3 aromatic heterocycles. The zero-order valence-electron chi connectivity index (χ0n) is 13.9. The fourth-order valence-corrected chi connectivity index (χ4v) is 4.95. The van der Waals surface area contributed by atoms with Crippen molar-refractivity contribution < 1.29 is 4.79 Å². The summed E-state index contributed by atoms with van der Waals surface area (Å²) < 4.78 is 1.61. The number of pyridine rings is 1. The lowest BCUT2D eigenvalue weighted by Gasteiger charge is -2.19. The second kappa shape index (κ2) is 7.94. The molecule has 4 nitrogen and oxygen atoms in total. The summed E-state index contributed by atoms with van der Waals surface area (Å²) in [6.45, 7) is 0.354. The van der Waals surface area contributed by atoms with Crippen LogP contribution in [0.5, 0.6) is 0 Å². The van der Waals surface area contributed by atoms with Gasteiger partial charge in [-0.1, -0.05) is 40.6 Å². The molecule has 1 amide bonds. The van der Waals surface area contributed by atoms with Gasteiger partial charge < -0.3 is 0 Å². The number of anilines is 1. The van der Waals surface area contributed by atoms with Crippen LogP contribution in [0, 0.1) is 0 Å². The van der Waals surface area contributed by atoms with Crippen molar-refractivity contribution in [1.82, 2.24) is 9.97 Å². The molecule has 1 aromatic carbocycles. The van der Waals surface area contributed by atoms with Crippen LogP contribution < -0.4 is 4.90 Å². The van der Waals surface area contributed by atoms with Crippen LogP contribution in [0.3, 0.4) is 0 Å². The van der Waals surface area contributed by atoms with E-state index in [0.29, 0.717) is 21.0 Å². The first-order chi connectivity index (χ1) is 13.1. The third kappa shape index (κ3) is 4.30. The lowest BCUT2D eigenvalue weighted by Crippen LogP contribution is -2.31. The average molecular weight is 434 g/mol. The van der Waals surface area contributed by atoms with Crippen LogP contribution in [-0.4, -0.2) is 15.9 Å². The maximum absolute atomic E-state index is 13.1. The van der Waals surface area contributed by atoms with Crippen molar-refractivity contribution in [2.24, 2.45) is 0 Å². The van der Waals surface area contributed by atoms with Gasteiger partial charge in [0.2, 0.25) is 5.91 Å². The molecule has 0 saturated carbocycles. The Bertz CT molecular complexity index is 1090. The van der Waals surface area contributed by atoms with Crippen LogP contribution in [-0.2, 0) is 17.8 Å². The summed E-state index contributed by atoms with van der Waals surface area (Å²) in [5, 5.41) is 1.28. The lowest BCUT2D eigenvalue weighted by molar-refractivity contribution is -0.118. The van der Waals surface area contributed by atoms with E-state index in [9.17, 15) is 4.79 Å². The molecule has 0 spiro atoms. The van der Waals surface area contributed by atoms with E-state index in [2.05, 4.69) is 9.97 Å². The fraction of sp³-hybridized carbons (Fsp3) is 0.105. The number of benzene rings is 1. The molecule has 8 heteroatoms. The minimum Gasteiger partial charge on any atom is -0.282 e. The maximum Gasteiger partial charge on any atom is 0.234 e. The number of rotatable bonds is 5. The zero-order chi connectivity index (χ0) is 18.8.